The van der Waals surface area contributed by atoms with E-state index >= 15 is 0 Å². The maximum atomic E-state index is 11.9. The zero-order chi connectivity index (χ0) is 13.1. The largest absolute Gasteiger partial charge is 0.375 e. The number of pyridine rings is 1. The van der Waals surface area contributed by atoms with Gasteiger partial charge in [-0.2, -0.15) is 0 Å². The van der Waals surface area contributed by atoms with E-state index in [0.717, 1.165) is 11.4 Å². The summed E-state index contributed by atoms with van der Waals surface area (Å²) in [7, 11) is 0. The third-order valence-corrected chi connectivity index (χ3v) is 3.38. The van der Waals surface area contributed by atoms with Gasteiger partial charge in [0, 0.05) is 5.69 Å². The lowest BCUT2D eigenvalue weighted by molar-refractivity contribution is 0.0953. The first-order valence-corrected chi connectivity index (χ1v) is 6.31. The minimum Gasteiger partial charge on any atom is -0.375 e. The van der Waals surface area contributed by atoms with Gasteiger partial charge in [0.15, 0.2) is 5.13 Å². The van der Waals surface area contributed by atoms with E-state index in [0.29, 0.717) is 22.2 Å². The van der Waals surface area contributed by atoms with Crippen LogP contribution in [0.4, 0.5) is 5.13 Å². The van der Waals surface area contributed by atoms with Crippen LogP contribution in [0.2, 0.25) is 0 Å². The summed E-state index contributed by atoms with van der Waals surface area (Å²) >= 11 is 1.19. The smallest absolute Gasteiger partial charge is 0.263 e. The minimum atomic E-state index is -0.162. The van der Waals surface area contributed by atoms with E-state index in [1.165, 1.54) is 11.3 Å². The predicted octanol–water partition coefficient (Wildman–Crippen LogP) is 1.67. The average Bonchev–Trinajstić information content (AvgIpc) is 2.66. The molecule has 0 radical (unpaired) electrons. The van der Waals surface area contributed by atoms with E-state index in [2.05, 4.69) is 15.3 Å². The Kier molecular flexibility index (Phi) is 3.57. The number of nitrogen functional groups attached to an aromatic ring is 1. The van der Waals surface area contributed by atoms with Gasteiger partial charge in [-0.15, -0.1) is 0 Å². The molecule has 18 heavy (non-hydrogen) atoms. The molecule has 0 fully saturated rings. The highest BCUT2D eigenvalue weighted by Gasteiger charge is 2.13. The Labute approximate surface area is 109 Å². The highest BCUT2D eigenvalue weighted by Crippen LogP contribution is 2.19. The number of hydrogen-bond donors (Lipinski definition) is 2. The van der Waals surface area contributed by atoms with Crippen LogP contribution in [0.15, 0.2) is 18.2 Å². The number of aromatic nitrogens is 2. The van der Waals surface area contributed by atoms with E-state index in [9.17, 15) is 4.79 Å². The minimum absolute atomic E-state index is 0.162. The van der Waals surface area contributed by atoms with Crippen molar-refractivity contribution in [2.24, 2.45) is 0 Å². The van der Waals surface area contributed by atoms with Crippen LogP contribution < -0.4 is 11.1 Å². The van der Waals surface area contributed by atoms with Crippen molar-refractivity contribution in [3.8, 4) is 0 Å². The van der Waals surface area contributed by atoms with Crippen molar-refractivity contribution in [1.29, 1.82) is 0 Å². The van der Waals surface area contributed by atoms with E-state index in [-0.39, 0.29) is 5.91 Å². The van der Waals surface area contributed by atoms with Crippen molar-refractivity contribution < 1.29 is 4.79 Å². The molecule has 0 bridgehead atoms. The zero-order valence-electron chi connectivity index (χ0n) is 10.2. The summed E-state index contributed by atoms with van der Waals surface area (Å²) in [6, 6.07) is 5.71. The van der Waals surface area contributed by atoms with E-state index < -0.39 is 0 Å². The van der Waals surface area contributed by atoms with Gasteiger partial charge in [-0.25, -0.2) is 4.98 Å². The van der Waals surface area contributed by atoms with Crippen molar-refractivity contribution in [1.82, 2.24) is 15.3 Å². The lowest BCUT2D eigenvalue weighted by Gasteiger charge is -2.04. The van der Waals surface area contributed by atoms with Crippen LogP contribution in [0.3, 0.4) is 0 Å². The van der Waals surface area contributed by atoms with Crippen LogP contribution in [0, 0.1) is 13.8 Å². The number of carbonyl (C=O) groups excluding carboxylic acids is 1. The third kappa shape index (κ3) is 2.84. The molecule has 2 rings (SSSR count). The molecule has 0 unspecified atom stereocenters. The first-order chi connectivity index (χ1) is 8.56. The van der Waals surface area contributed by atoms with Crippen LogP contribution >= 0.6 is 11.3 Å². The molecule has 0 aliphatic rings. The van der Waals surface area contributed by atoms with Crippen LogP contribution in [0.1, 0.15) is 26.8 Å². The number of nitrogens with one attached hydrogen (secondary N) is 1. The van der Waals surface area contributed by atoms with Gasteiger partial charge < -0.3 is 11.1 Å². The Bertz CT molecular complexity index is 579. The first-order valence-electron chi connectivity index (χ1n) is 5.50. The summed E-state index contributed by atoms with van der Waals surface area (Å²) in [4.78, 5) is 20.8. The summed E-state index contributed by atoms with van der Waals surface area (Å²) in [5, 5.41) is 3.22. The van der Waals surface area contributed by atoms with Gasteiger partial charge in [-0.3, -0.25) is 9.78 Å². The zero-order valence-corrected chi connectivity index (χ0v) is 11.0. The number of nitrogens with zero attached hydrogens (tertiary/aromatic N) is 2. The second-order valence-corrected chi connectivity index (χ2v) is 4.95. The number of rotatable bonds is 3. The second kappa shape index (κ2) is 5.14. The average molecular weight is 262 g/mol. The summed E-state index contributed by atoms with van der Waals surface area (Å²) in [6.45, 7) is 4.09. The number of carbonyl (C=O) groups is 1. The van der Waals surface area contributed by atoms with Gasteiger partial charge in [0.2, 0.25) is 0 Å². The highest BCUT2D eigenvalue weighted by molar-refractivity contribution is 7.17. The van der Waals surface area contributed by atoms with Crippen LogP contribution in [0.5, 0.6) is 0 Å². The molecule has 6 heteroatoms. The van der Waals surface area contributed by atoms with Crippen molar-refractivity contribution in [2.45, 2.75) is 20.4 Å². The molecule has 3 N–H and O–H groups in total. The number of thiazole rings is 1. The molecular weight excluding hydrogens is 248 g/mol. The van der Waals surface area contributed by atoms with Crippen molar-refractivity contribution >= 4 is 22.4 Å². The number of anilines is 1. The van der Waals surface area contributed by atoms with Gasteiger partial charge in [-0.05, 0) is 26.0 Å². The van der Waals surface area contributed by atoms with E-state index in [1.54, 1.807) is 6.92 Å². The monoisotopic (exact) mass is 262 g/mol. The Morgan fingerprint density at radius 2 is 2.17 bits per heavy atom. The Hall–Kier alpha value is -1.95. The normalized spacial score (nSPS) is 10.3. The van der Waals surface area contributed by atoms with Gasteiger partial charge in [0.05, 0.1) is 17.9 Å². The topological polar surface area (TPSA) is 80.9 Å². The second-order valence-electron chi connectivity index (χ2n) is 3.92. The maximum Gasteiger partial charge on any atom is 0.263 e. The Morgan fingerprint density at radius 3 is 2.78 bits per heavy atom. The molecule has 94 valence electrons. The Balaban J connectivity index is 2.03. The van der Waals surface area contributed by atoms with Crippen LogP contribution in [0.25, 0.3) is 0 Å². The first kappa shape index (κ1) is 12.5. The van der Waals surface area contributed by atoms with Gasteiger partial charge in [0.25, 0.3) is 5.91 Å². The number of nitrogens with two attached hydrogens (primary N) is 1. The summed E-state index contributed by atoms with van der Waals surface area (Å²) in [6.07, 6.45) is 0. The summed E-state index contributed by atoms with van der Waals surface area (Å²) < 4.78 is 0. The number of aryl methyl sites for hydroxylation is 2. The third-order valence-electron chi connectivity index (χ3n) is 2.40. The number of amides is 1. The standard InChI is InChI=1S/C12H14N4OS/c1-7-4-3-5-9(15-7)6-14-11(17)10-8(2)16-12(13)18-10/h3-5H,6H2,1-2H3,(H2,13,16)(H,14,17). The predicted molar refractivity (Wildman–Crippen MR) is 71.4 cm³/mol. The summed E-state index contributed by atoms with van der Waals surface area (Å²) in [5.74, 6) is -0.162. The van der Waals surface area contributed by atoms with Crippen molar-refractivity contribution in [3.05, 3.63) is 40.2 Å². The van der Waals surface area contributed by atoms with Crippen LogP contribution in [-0.4, -0.2) is 15.9 Å². The summed E-state index contributed by atoms with van der Waals surface area (Å²) in [5.41, 5.74) is 7.98. The van der Waals surface area contributed by atoms with E-state index in [4.69, 9.17) is 5.73 Å². The Morgan fingerprint density at radius 1 is 1.39 bits per heavy atom. The molecule has 0 atom stereocenters. The highest BCUT2D eigenvalue weighted by atomic mass is 32.1. The fourth-order valence-electron chi connectivity index (χ4n) is 1.58. The van der Waals surface area contributed by atoms with Crippen molar-refractivity contribution in [3.63, 3.8) is 0 Å². The fourth-order valence-corrected chi connectivity index (χ4v) is 2.33. The quantitative estimate of drug-likeness (QED) is 0.881. The molecule has 2 heterocycles. The molecule has 0 spiro atoms. The van der Waals surface area contributed by atoms with Crippen molar-refractivity contribution in [2.75, 3.05) is 5.73 Å². The molecule has 2 aromatic rings. The van der Waals surface area contributed by atoms with Gasteiger partial charge in [-0.1, -0.05) is 17.4 Å². The molecule has 1 amide bonds. The number of hydrogen-bond acceptors (Lipinski definition) is 5. The molecule has 0 saturated carbocycles. The molecule has 2 aromatic heterocycles. The molecule has 0 aliphatic carbocycles. The van der Waals surface area contributed by atoms with E-state index in [1.807, 2.05) is 25.1 Å². The lowest BCUT2D eigenvalue weighted by Crippen LogP contribution is -2.23. The molecule has 5 nitrogen and oxygen atoms in total. The van der Waals surface area contributed by atoms with Gasteiger partial charge in [0.1, 0.15) is 4.88 Å². The maximum absolute atomic E-state index is 11.9. The lowest BCUT2D eigenvalue weighted by atomic mass is 10.3. The molecule has 0 aromatic carbocycles. The molecule has 0 aliphatic heterocycles. The van der Waals surface area contributed by atoms with Gasteiger partial charge >= 0.3 is 0 Å². The van der Waals surface area contributed by atoms with Crippen LogP contribution in [-0.2, 0) is 6.54 Å². The molecule has 0 saturated heterocycles. The fraction of sp³-hybridized carbons (Fsp3) is 0.250. The SMILES string of the molecule is Cc1cccc(CNC(=O)c2sc(N)nc2C)n1. The molecular formula is C12H14N4OS.